The number of ether oxygens (including phenoxy) is 1. The zero-order valence-electron chi connectivity index (χ0n) is 36.8. The second kappa shape index (κ2) is 22.2. The number of carbonyl (C=O) groups is 6. The molecular formula is C44H65N7O10S. The molecule has 0 saturated carbocycles. The van der Waals surface area contributed by atoms with Crippen molar-refractivity contribution in [2.24, 2.45) is 11.3 Å². The molecule has 2 aromatic rings. The van der Waals surface area contributed by atoms with Crippen LogP contribution < -0.4 is 26.6 Å². The van der Waals surface area contributed by atoms with Gasteiger partial charge in [-0.1, -0.05) is 74.5 Å². The Morgan fingerprint density at radius 2 is 1.23 bits per heavy atom. The lowest BCUT2D eigenvalue weighted by molar-refractivity contribution is -0.150. The van der Waals surface area contributed by atoms with E-state index in [0.717, 1.165) is 0 Å². The van der Waals surface area contributed by atoms with Crippen molar-refractivity contribution in [3.63, 3.8) is 0 Å². The minimum atomic E-state index is -3.32. The van der Waals surface area contributed by atoms with Crippen molar-refractivity contribution in [2.75, 3.05) is 39.0 Å². The van der Waals surface area contributed by atoms with E-state index in [2.05, 4.69) is 26.6 Å². The number of piperidine rings is 1. The van der Waals surface area contributed by atoms with E-state index in [9.17, 15) is 42.3 Å². The van der Waals surface area contributed by atoms with Crippen molar-refractivity contribution in [1.82, 2.24) is 35.8 Å². The van der Waals surface area contributed by atoms with Crippen LogP contribution in [0.1, 0.15) is 84.3 Å². The average Bonchev–Trinajstić information content (AvgIpc) is 3.17. The predicted octanol–water partition coefficient (Wildman–Crippen LogP) is 3.19. The summed E-state index contributed by atoms with van der Waals surface area (Å²) in [4.78, 5) is 81.9. The molecule has 2 heterocycles. The molecule has 4 rings (SSSR count). The summed E-state index contributed by atoms with van der Waals surface area (Å²) in [6, 6.07) is 13.3. The maximum Gasteiger partial charge on any atom is 0.407 e. The Morgan fingerprint density at radius 1 is 0.742 bits per heavy atom. The van der Waals surface area contributed by atoms with Crippen LogP contribution in [0.2, 0.25) is 0 Å². The van der Waals surface area contributed by atoms with Crippen LogP contribution in [0, 0.1) is 11.3 Å². The van der Waals surface area contributed by atoms with Gasteiger partial charge in [-0.25, -0.2) is 22.3 Å². The minimum absolute atomic E-state index is 0.0285. The van der Waals surface area contributed by atoms with Crippen LogP contribution in [-0.2, 0) is 46.8 Å². The zero-order valence-corrected chi connectivity index (χ0v) is 37.6. The normalized spacial score (nSPS) is 17.1. The summed E-state index contributed by atoms with van der Waals surface area (Å²) in [5.41, 5.74) is 0.534. The highest BCUT2D eigenvalue weighted by Gasteiger charge is 2.49. The molecule has 342 valence electrons. The van der Waals surface area contributed by atoms with Crippen molar-refractivity contribution in [3.8, 4) is 0 Å². The summed E-state index contributed by atoms with van der Waals surface area (Å²) in [5.74, 6) is -2.36. The molecule has 0 bridgehead atoms. The van der Waals surface area contributed by atoms with Crippen LogP contribution in [0.5, 0.6) is 0 Å². The number of carboxylic acid groups (broad SMARTS) is 1. The second-order valence-corrected chi connectivity index (χ2v) is 20.0. The Kier molecular flexibility index (Phi) is 17.7. The van der Waals surface area contributed by atoms with Gasteiger partial charge in [0.25, 0.3) is 0 Å². The predicted molar refractivity (Wildman–Crippen MR) is 233 cm³/mol. The molecule has 62 heavy (non-hydrogen) atoms. The van der Waals surface area contributed by atoms with E-state index in [1.54, 1.807) is 80.3 Å². The molecule has 2 aliphatic heterocycles. The molecule has 18 heteroatoms. The summed E-state index contributed by atoms with van der Waals surface area (Å²) in [6.45, 7) is 10.9. The van der Waals surface area contributed by atoms with E-state index in [1.807, 2.05) is 19.9 Å². The number of rotatable bonds is 20. The topological polar surface area (TPSA) is 233 Å². The van der Waals surface area contributed by atoms with Gasteiger partial charge >= 0.3 is 12.2 Å². The molecule has 2 fully saturated rings. The number of alkyl carbamates (subject to hydrolysis) is 1. The number of amides is 6. The van der Waals surface area contributed by atoms with Gasteiger partial charge in [-0.15, -0.1) is 0 Å². The van der Waals surface area contributed by atoms with Crippen LogP contribution in [0.4, 0.5) is 9.59 Å². The number of likely N-dealkylation sites (tertiary alicyclic amines) is 1. The number of nitrogens with one attached hydrogen (secondary N) is 5. The standard InChI is InChI=1S/C44H65N7O10S/c1-30(2)25-34(47-38(53)35(26-31-15-9-7-10-16-31)48-39(54)36(49-41(56)57)27-32-17-11-8-12-18-32)37(52)46-33(19-13-14-22-45-42(58)61-43(3,4)5)40(55)50-28-44(29-50)20-23-51(24-21-44)62(6,59)60/h7-12,15-18,30,33-36,49H,13-14,19-29H2,1-6H3,(H,45,58)(H,46,52)(H,47,53)(H,48,54)(H,56,57)/t33-,34-,35-,36-/m1/s1. The molecule has 17 nitrogen and oxygen atoms in total. The van der Waals surface area contributed by atoms with Gasteiger partial charge in [-0.3, -0.25) is 19.2 Å². The first-order valence-electron chi connectivity index (χ1n) is 21.3. The second-order valence-electron chi connectivity index (χ2n) is 18.0. The minimum Gasteiger partial charge on any atom is -0.465 e. The van der Waals surface area contributed by atoms with Gasteiger partial charge in [-0.05, 0) is 76.3 Å². The summed E-state index contributed by atoms with van der Waals surface area (Å²) >= 11 is 0. The maximum atomic E-state index is 14.2. The lowest BCUT2D eigenvalue weighted by Gasteiger charge is -2.54. The van der Waals surface area contributed by atoms with Gasteiger partial charge in [0, 0.05) is 51.0 Å². The number of carbonyl (C=O) groups excluding carboxylic acids is 5. The first kappa shape index (κ1) is 49.4. The van der Waals surface area contributed by atoms with Crippen molar-refractivity contribution in [3.05, 3.63) is 71.8 Å². The maximum absolute atomic E-state index is 14.2. The highest BCUT2D eigenvalue weighted by molar-refractivity contribution is 7.88. The van der Waals surface area contributed by atoms with Gasteiger partial charge in [0.15, 0.2) is 0 Å². The molecule has 4 atom stereocenters. The monoisotopic (exact) mass is 883 g/mol. The molecule has 0 aromatic heterocycles. The average molecular weight is 884 g/mol. The molecule has 2 aliphatic rings. The fraction of sp³-hybridized carbons (Fsp3) is 0.591. The van der Waals surface area contributed by atoms with Gasteiger partial charge in [0.1, 0.15) is 29.8 Å². The van der Waals surface area contributed by atoms with E-state index in [4.69, 9.17) is 4.74 Å². The van der Waals surface area contributed by atoms with Gasteiger partial charge < -0.3 is 41.3 Å². The van der Waals surface area contributed by atoms with Gasteiger partial charge in [-0.2, -0.15) is 0 Å². The molecule has 2 aromatic carbocycles. The number of unbranched alkanes of at least 4 members (excludes halogenated alkanes) is 1. The van der Waals surface area contributed by atoms with Crippen molar-refractivity contribution >= 4 is 45.8 Å². The van der Waals surface area contributed by atoms with Gasteiger partial charge in [0.2, 0.25) is 33.7 Å². The first-order chi connectivity index (χ1) is 29.1. The van der Waals surface area contributed by atoms with Crippen molar-refractivity contribution in [2.45, 2.75) is 116 Å². The van der Waals surface area contributed by atoms with E-state index in [0.29, 0.717) is 63.0 Å². The molecule has 0 radical (unpaired) electrons. The third-order valence-electron chi connectivity index (χ3n) is 11.0. The summed E-state index contributed by atoms with van der Waals surface area (Å²) in [6.07, 6.45) is 1.88. The Bertz CT molecular complexity index is 1940. The molecule has 6 N–H and O–H groups in total. The number of benzene rings is 2. The summed E-state index contributed by atoms with van der Waals surface area (Å²) in [5, 5.41) is 23.0. The van der Waals surface area contributed by atoms with Crippen LogP contribution in [0.3, 0.4) is 0 Å². The molecule has 0 aliphatic carbocycles. The first-order valence-corrected chi connectivity index (χ1v) is 23.2. The van der Waals surface area contributed by atoms with Gasteiger partial charge in [0.05, 0.1) is 6.26 Å². The van der Waals surface area contributed by atoms with Crippen LogP contribution in [0.25, 0.3) is 0 Å². The summed E-state index contributed by atoms with van der Waals surface area (Å²) < 4.78 is 31.0. The largest absolute Gasteiger partial charge is 0.465 e. The third kappa shape index (κ3) is 15.9. The molecule has 0 unspecified atom stereocenters. The highest BCUT2D eigenvalue weighted by atomic mass is 32.2. The lowest BCUT2D eigenvalue weighted by atomic mass is 9.72. The van der Waals surface area contributed by atoms with E-state index >= 15 is 0 Å². The fourth-order valence-electron chi connectivity index (χ4n) is 7.77. The Morgan fingerprint density at radius 3 is 1.71 bits per heavy atom. The fourth-order valence-corrected chi connectivity index (χ4v) is 8.62. The summed E-state index contributed by atoms with van der Waals surface area (Å²) in [7, 11) is -3.32. The van der Waals surface area contributed by atoms with Crippen molar-refractivity contribution < 1.29 is 47.0 Å². The highest BCUT2D eigenvalue weighted by Crippen LogP contribution is 2.41. The number of sulfonamides is 1. The lowest BCUT2D eigenvalue weighted by Crippen LogP contribution is -2.65. The van der Waals surface area contributed by atoms with Crippen LogP contribution in [0.15, 0.2) is 60.7 Å². The Labute approximate surface area is 365 Å². The van der Waals surface area contributed by atoms with E-state index in [-0.39, 0.29) is 49.5 Å². The number of hydrogen-bond acceptors (Lipinski definition) is 9. The smallest absolute Gasteiger partial charge is 0.407 e. The quantitative estimate of drug-likeness (QED) is 0.106. The SMILES string of the molecule is CC(C)C[C@@H](NC(=O)[C@@H](Cc1ccccc1)NC(=O)[C@@H](Cc1ccccc1)NC(=O)O)C(=O)N[C@H](CCCCNC(=O)OC(C)(C)C)C(=O)N1CC2(CCN(S(C)(=O)=O)CC2)C1. The Hall–Kier alpha value is -5.23. The third-order valence-corrected chi connectivity index (χ3v) is 12.3. The number of nitrogens with zero attached hydrogens (tertiary/aromatic N) is 2. The Balaban J connectivity index is 1.50. The molecule has 2 saturated heterocycles. The molecule has 1 spiro atoms. The zero-order chi connectivity index (χ0) is 45.7. The molecular weight excluding hydrogens is 819 g/mol. The van der Waals surface area contributed by atoms with Crippen LogP contribution in [-0.4, -0.2) is 127 Å². The van der Waals surface area contributed by atoms with Crippen molar-refractivity contribution in [1.29, 1.82) is 0 Å². The van der Waals surface area contributed by atoms with Crippen LogP contribution >= 0.6 is 0 Å². The van der Waals surface area contributed by atoms with E-state index in [1.165, 1.54) is 10.6 Å². The molecule has 6 amide bonds. The van der Waals surface area contributed by atoms with E-state index < -0.39 is 69.7 Å². The number of hydrogen-bond donors (Lipinski definition) is 6.